The van der Waals surface area contributed by atoms with Crippen molar-refractivity contribution in [1.82, 2.24) is 9.88 Å². The average Bonchev–Trinajstić information content (AvgIpc) is 3.21. The molecule has 2 heterocycles. The summed E-state index contributed by atoms with van der Waals surface area (Å²) in [7, 11) is 0. The summed E-state index contributed by atoms with van der Waals surface area (Å²) in [6, 6.07) is 11.4. The van der Waals surface area contributed by atoms with Crippen molar-refractivity contribution in [3.63, 3.8) is 0 Å². The molecule has 4 rings (SSSR count). The number of rotatable bonds is 7. The number of nitro benzene ring substituents is 1. The van der Waals surface area contributed by atoms with E-state index in [0.29, 0.717) is 12.3 Å². The maximum absolute atomic E-state index is 13.6. The Kier molecular flexibility index (Phi) is 6.91. The third-order valence-corrected chi connectivity index (χ3v) is 6.69. The molecule has 1 aromatic heterocycles. The van der Waals surface area contributed by atoms with Crippen LogP contribution in [-0.4, -0.2) is 47.1 Å². The molecular weight excluding hydrogens is 435 g/mol. The minimum atomic E-state index is -1.01. The number of para-hydroxylation sites is 1. The number of piperidine rings is 1. The highest BCUT2D eigenvalue weighted by Gasteiger charge is 2.23. The number of likely N-dealkylation sites (tertiary alicyclic amines) is 1. The number of benzene rings is 2. The van der Waals surface area contributed by atoms with Crippen LogP contribution in [0.4, 0.5) is 20.6 Å². The lowest BCUT2D eigenvalue weighted by molar-refractivity contribution is -0.387. The standard InChI is InChI=1S/C22H23FN4O4S/c23-17-14-16(6-7-19(17)27(29)30)24-22(28)31-13-3-10-26-11-8-15(9-12-26)21-25-18-4-1-2-5-20(18)32-21/h1-2,4-7,14-15H,3,8-13H2,(H,24,28). The fraction of sp³-hybridized carbons (Fsp3) is 0.364. The Bertz CT molecular complexity index is 1080. The Morgan fingerprint density at radius 2 is 2.06 bits per heavy atom. The van der Waals surface area contributed by atoms with Gasteiger partial charge in [0.1, 0.15) is 0 Å². The molecule has 168 valence electrons. The molecular formula is C22H23FN4O4S. The summed E-state index contributed by atoms with van der Waals surface area (Å²) >= 11 is 1.78. The third-order valence-electron chi connectivity index (χ3n) is 5.49. The number of amides is 1. The third kappa shape index (κ3) is 5.38. The molecule has 1 fully saturated rings. The summed E-state index contributed by atoms with van der Waals surface area (Å²) < 4.78 is 20.0. The van der Waals surface area contributed by atoms with E-state index in [0.717, 1.165) is 50.1 Å². The first-order valence-corrected chi connectivity index (χ1v) is 11.3. The van der Waals surface area contributed by atoms with E-state index in [2.05, 4.69) is 22.3 Å². The topological polar surface area (TPSA) is 97.6 Å². The molecule has 0 unspecified atom stereocenters. The van der Waals surface area contributed by atoms with Gasteiger partial charge in [0.05, 0.1) is 26.8 Å². The molecule has 1 saturated heterocycles. The zero-order valence-corrected chi connectivity index (χ0v) is 18.1. The number of carbonyl (C=O) groups excluding carboxylic acids is 1. The number of anilines is 1. The molecule has 2 aromatic carbocycles. The van der Waals surface area contributed by atoms with Crippen molar-refractivity contribution < 1.29 is 18.8 Å². The van der Waals surface area contributed by atoms with E-state index in [1.165, 1.54) is 15.8 Å². The Morgan fingerprint density at radius 3 is 2.78 bits per heavy atom. The zero-order valence-electron chi connectivity index (χ0n) is 17.3. The van der Waals surface area contributed by atoms with Crippen LogP contribution < -0.4 is 5.32 Å². The predicted molar refractivity (Wildman–Crippen MR) is 121 cm³/mol. The van der Waals surface area contributed by atoms with Gasteiger partial charge in [-0.05, 0) is 50.6 Å². The first-order valence-electron chi connectivity index (χ1n) is 10.4. The molecule has 1 amide bonds. The second-order valence-corrected chi connectivity index (χ2v) is 8.74. The fourth-order valence-corrected chi connectivity index (χ4v) is 4.94. The number of fused-ring (bicyclic) bond motifs is 1. The van der Waals surface area contributed by atoms with E-state index in [1.807, 2.05) is 12.1 Å². The van der Waals surface area contributed by atoms with Gasteiger partial charge in [-0.3, -0.25) is 15.4 Å². The number of thiazole rings is 1. The molecule has 8 nitrogen and oxygen atoms in total. The van der Waals surface area contributed by atoms with E-state index in [4.69, 9.17) is 9.72 Å². The number of hydrogen-bond donors (Lipinski definition) is 1. The molecule has 0 radical (unpaired) electrons. The van der Waals surface area contributed by atoms with Crippen LogP contribution in [0.2, 0.25) is 0 Å². The average molecular weight is 459 g/mol. The summed E-state index contributed by atoms with van der Waals surface area (Å²) in [6.45, 7) is 3.02. The van der Waals surface area contributed by atoms with Gasteiger partial charge < -0.3 is 9.64 Å². The SMILES string of the molecule is O=C(Nc1ccc([N+](=O)[O-])c(F)c1)OCCCN1CCC(c2nc3ccccc3s2)CC1. The maximum atomic E-state index is 13.6. The van der Waals surface area contributed by atoms with Crippen molar-refractivity contribution in [2.45, 2.75) is 25.2 Å². The van der Waals surface area contributed by atoms with E-state index >= 15 is 0 Å². The van der Waals surface area contributed by atoms with E-state index in [9.17, 15) is 19.3 Å². The lowest BCUT2D eigenvalue weighted by atomic mass is 9.97. The summed E-state index contributed by atoms with van der Waals surface area (Å²) in [4.78, 5) is 28.8. The number of carbonyl (C=O) groups is 1. The van der Waals surface area contributed by atoms with Crippen LogP contribution >= 0.6 is 11.3 Å². The monoisotopic (exact) mass is 458 g/mol. The molecule has 3 aromatic rings. The minimum Gasteiger partial charge on any atom is -0.449 e. The Balaban J connectivity index is 1.15. The predicted octanol–water partition coefficient (Wildman–Crippen LogP) is 5.16. The number of aromatic nitrogens is 1. The number of halogens is 1. The molecule has 32 heavy (non-hydrogen) atoms. The highest BCUT2D eigenvalue weighted by atomic mass is 32.1. The Morgan fingerprint density at radius 1 is 1.28 bits per heavy atom. The lowest BCUT2D eigenvalue weighted by Crippen LogP contribution is -2.34. The van der Waals surface area contributed by atoms with Crippen molar-refractivity contribution in [3.05, 3.63) is 63.4 Å². The smallest absolute Gasteiger partial charge is 0.411 e. The van der Waals surface area contributed by atoms with Crippen LogP contribution in [0.25, 0.3) is 10.2 Å². The number of hydrogen-bond acceptors (Lipinski definition) is 7. The van der Waals surface area contributed by atoms with E-state index in [-0.39, 0.29) is 12.3 Å². The van der Waals surface area contributed by atoms with Crippen LogP contribution in [0.3, 0.4) is 0 Å². The first kappa shape index (κ1) is 22.1. The Hall–Kier alpha value is -3.11. The highest BCUT2D eigenvalue weighted by Crippen LogP contribution is 2.33. The number of nitrogens with zero attached hydrogens (tertiary/aromatic N) is 3. The molecule has 0 bridgehead atoms. The van der Waals surface area contributed by atoms with Crippen LogP contribution in [0, 0.1) is 15.9 Å². The van der Waals surface area contributed by atoms with E-state index in [1.54, 1.807) is 11.3 Å². The molecule has 0 atom stereocenters. The second kappa shape index (κ2) is 10.0. The largest absolute Gasteiger partial charge is 0.449 e. The van der Waals surface area contributed by atoms with Gasteiger partial charge in [-0.2, -0.15) is 4.39 Å². The Labute approximate surface area is 188 Å². The van der Waals surface area contributed by atoms with E-state index < -0.39 is 22.5 Å². The minimum absolute atomic E-state index is 0.106. The molecule has 0 saturated carbocycles. The van der Waals surface area contributed by atoms with Crippen LogP contribution in [-0.2, 0) is 4.74 Å². The molecule has 1 N–H and O–H groups in total. The normalized spacial score (nSPS) is 15.0. The summed E-state index contributed by atoms with van der Waals surface area (Å²) in [5.74, 6) is -0.519. The molecule has 10 heteroatoms. The van der Waals surface area contributed by atoms with Crippen molar-refractivity contribution in [2.24, 2.45) is 0 Å². The van der Waals surface area contributed by atoms with Crippen molar-refractivity contribution in [1.29, 1.82) is 0 Å². The van der Waals surface area contributed by atoms with Crippen LogP contribution in [0.5, 0.6) is 0 Å². The highest BCUT2D eigenvalue weighted by molar-refractivity contribution is 7.18. The summed E-state index contributed by atoms with van der Waals surface area (Å²) in [5.41, 5.74) is 0.535. The van der Waals surface area contributed by atoms with Gasteiger partial charge in [0.2, 0.25) is 5.82 Å². The van der Waals surface area contributed by atoms with Gasteiger partial charge in [0.25, 0.3) is 0 Å². The van der Waals surface area contributed by atoms with Crippen LogP contribution in [0.15, 0.2) is 42.5 Å². The lowest BCUT2D eigenvalue weighted by Gasteiger charge is -2.30. The molecule has 1 aliphatic heterocycles. The van der Waals surface area contributed by atoms with Gasteiger partial charge in [-0.25, -0.2) is 9.78 Å². The van der Waals surface area contributed by atoms with Crippen molar-refractivity contribution >= 4 is 39.0 Å². The number of nitro groups is 1. The molecule has 0 spiro atoms. The number of ether oxygens (including phenoxy) is 1. The van der Waals surface area contributed by atoms with Crippen LogP contribution in [0.1, 0.15) is 30.2 Å². The van der Waals surface area contributed by atoms with Crippen molar-refractivity contribution in [2.75, 3.05) is 31.6 Å². The first-order chi connectivity index (χ1) is 15.5. The van der Waals surface area contributed by atoms with Gasteiger partial charge in [-0.15, -0.1) is 11.3 Å². The second-order valence-electron chi connectivity index (χ2n) is 7.67. The quantitative estimate of drug-likeness (QED) is 0.298. The number of nitrogens with one attached hydrogen (secondary N) is 1. The summed E-state index contributed by atoms with van der Waals surface area (Å²) in [6.07, 6.45) is 2.10. The van der Waals surface area contributed by atoms with Gasteiger partial charge in [0, 0.05) is 30.3 Å². The maximum Gasteiger partial charge on any atom is 0.411 e. The fourth-order valence-electron chi connectivity index (χ4n) is 3.81. The van der Waals surface area contributed by atoms with Gasteiger partial charge in [-0.1, -0.05) is 12.1 Å². The van der Waals surface area contributed by atoms with Crippen molar-refractivity contribution in [3.8, 4) is 0 Å². The zero-order chi connectivity index (χ0) is 22.5. The molecule has 1 aliphatic rings. The van der Waals surface area contributed by atoms with Gasteiger partial charge in [0.15, 0.2) is 0 Å². The summed E-state index contributed by atoms with van der Waals surface area (Å²) in [5, 5.41) is 14.2. The molecule has 0 aliphatic carbocycles. The van der Waals surface area contributed by atoms with Gasteiger partial charge >= 0.3 is 11.8 Å².